The maximum atomic E-state index is 10.1. The van der Waals surface area contributed by atoms with E-state index in [9.17, 15) is 5.11 Å². The normalized spacial score (nSPS) is 31.8. The Bertz CT molecular complexity index is 177. The van der Waals surface area contributed by atoms with Gasteiger partial charge in [-0.05, 0) is 37.2 Å². The van der Waals surface area contributed by atoms with Gasteiger partial charge in [-0.25, -0.2) is 0 Å². The zero-order chi connectivity index (χ0) is 11.1. The molecule has 2 unspecified atom stereocenters. The van der Waals surface area contributed by atoms with Crippen LogP contribution in [0.1, 0.15) is 45.4 Å². The van der Waals surface area contributed by atoms with E-state index in [1.807, 2.05) is 11.8 Å². The molecule has 3 heteroatoms. The van der Waals surface area contributed by atoms with Crippen LogP contribution in [0.3, 0.4) is 0 Å². The van der Waals surface area contributed by atoms with Crippen LogP contribution in [0, 0.1) is 5.41 Å². The molecule has 0 amide bonds. The van der Waals surface area contributed by atoms with Crippen molar-refractivity contribution < 1.29 is 5.11 Å². The molecular weight excluding hydrogens is 206 g/mol. The minimum atomic E-state index is -0.150. The fraction of sp³-hybridized carbons (Fsp3) is 1.00. The number of hydrogen-bond donors (Lipinski definition) is 2. The standard InChI is InChI=1S/C12H25NOS/c1-2-15-9-5-8-12(10-13)7-4-3-6-11(12)14/h11,14H,2-10,13H2,1H3. The van der Waals surface area contributed by atoms with E-state index in [-0.39, 0.29) is 11.5 Å². The zero-order valence-electron chi connectivity index (χ0n) is 9.87. The quantitative estimate of drug-likeness (QED) is 0.690. The van der Waals surface area contributed by atoms with Crippen LogP contribution in [0.25, 0.3) is 0 Å². The molecule has 0 bridgehead atoms. The SMILES string of the molecule is CCSCCCC1(CN)CCCCC1O. The molecule has 2 nitrogen and oxygen atoms in total. The highest BCUT2D eigenvalue weighted by Gasteiger charge is 2.37. The number of aliphatic hydroxyl groups is 1. The highest BCUT2D eigenvalue weighted by atomic mass is 32.2. The molecule has 0 heterocycles. The number of aliphatic hydroxyl groups excluding tert-OH is 1. The molecule has 0 radical (unpaired) electrons. The first-order valence-electron chi connectivity index (χ1n) is 6.21. The first-order chi connectivity index (χ1) is 7.25. The second-order valence-electron chi connectivity index (χ2n) is 4.63. The fourth-order valence-electron chi connectivity index (χ4n) is 2.59. The van der Waals surface area contributed by atoms with Gasteiger partial charge in [0, 0.05) is 12.0 Å². The molecule has 0 spiro atoms. The van der Waals surface area contributed by atoms with E-state index in [1.54, 1.807) is 0 Å². The fourth-order valence-corrected chi connectivity index (χ4v) is 3.23. The Balaban J connectivity index is 2.37. The monoisotopic (exact) mass is 231 g/mol. The summed E-state index contributed by atoms with van der Waals surface area (Å²) in [6.45, 7) is 2.85. The van der Waals surface area contributed by atoms with Crippen molar-refractivity contribution >= 4 is 11.8 Å². The van der Waals surface area contributed by atoms with Gasteiger partial charge in [-0.3, -0.25) is 0 Å². The first-order valence-corrected chi connectivity index (χ1v) is 7.36. The molecule has 1 aliphatic carbocycles. The zero-order valence-corrected chi connectivity index (χ0v) is 10.7. The van der Waals surface area contributed by atoms with Crippen LogP contribution in [-0.4, -0.2) is 29.3 Å². The highest BCUT2D eigenvalue weighted by Crippen LogP contribution is 2.39. The van der Waals surface area contributed by atoms with Gasteiger partial charge >= 0.3 is 0 Å². The Morgan fingerprint density at radius 1 is 1.47 bits per heavy atom. The van der Waals surface area contributed by atoms with E-state index >= 15 is 0 Å². The predicted octanol–water partition coefficient (Wildman–Crippen LogP) is 2.40. The number of hydrogen-bond acceptors (Lipinski definition) is 3. The van der Waals surface area contributed by atoms with Crippen LogP contribution in [0.2, 0.25) is 0 Å². The third-order valence-corrected chi connectivity index (χ3v) is 4.67. The lowest BCUT2D eigenvalue weighted by molar-refractivity contribution is -0.0120. The van der Waals surface area contributed by atoms with Gasteiger partial charge in [0.2, 0.25) is 0 Å². The van der Waals surface area contributed by atoms with Gasteiger partial charge in [0.1, 0.15) is 0 Å². The lowest BCUT2D eigenvalue weighted by Crippen LogP contribution is -2.44. The van der Waals surface area contributed by atoms with Gasteiger partial charge < -0.3 is 10.8 Å². The van der Waals surface area contributed by atoms with Crippen molar-refractivity contribution in [3.63, 3.8) is 0 Å². The van der Waals surface area contributed by atoms with Crippen molar-refractivity contribution in [3.05, 3.63) is 0 Å². The maximum Gasteiger partial charge on any atom is 0.0608 e. The van der Waals surface area contributed by atoms with E-state index in [1.165, 1.54) is 30.8 Å². The lowest BCUT2D eigenvalue weighted by Gasteiger charge is -2.41. The lowest BCUT2D eigenvalue weighted by atomic mass is 9.69. The average molecular weight is 231 g/mol. The number of thioether (sulfide) groups is 1. The minimum Gasteiger partial charge on any atom is -0.393 e. The summed E-state index contributed by atoms with van der Waals surface area (Å²) in [5, 5.41) is 10.1. The van der Waals surface area contributed by atoms with E-state index in [0.29, 0.717) is 6.54 Å². The van der Waals surface area contributed by atoms with Crippen LogP contribution in [-0.2, 0) is 0 Å². The largest absolute Gasteiger partial charge is 0.393 e. The number of nitrogens with two attached hydrogens (primary N) is 1. The Hall–Kier alpha value is 0.270. The molecule has 2 atom stereocenters. The second-order valence-corrected chi connectivity index (χ2v) is 6.02. The maximum absolute atomic E-state index is 10.1. The Labute approximate surface area is 98.0 Å². The first kappa shape index (κ1) is 13.3. The Kier molecular flexibility index (Phi) is 6.02. The molecule has 0 aliphatic heterocycles. The van der Waals surface area contributed by atoms with E-state index in [2.05, 4.69) is 6.92 Å². The molecule has 0 aromatic heterocycles. The van der Waals surface area contributed by atoms with Crippen LogP contribution in [0.5, 0.6) is 0 Å². The molecular formula is C12H25NOS. The molecule has 0 aromatic carbocycles. The summed E-state index contributed by atoms with van der Waals surface area (Å²) >= 11 is 1.98. The van der Waals surface area contributed by atoms with E-state index in [0.717, 1.165) is 19.3 Å². The van der Waals surface area contributed by atoms with Crippen molar-refractivity contribution in [1.29, 1.82) is 0 Å². The summed E-state index contributed by atoms with van der Waals surface area (Å²) in [5.74, 6) is 2.41. The summed E-state index contributed by atoms with van der Waals surface area (Å²) in [6, 6.07) is 0. The van der Waals surface area contributed by atoms with Gasteiger partial charge in [0.25, 0.3) is 0 Å². The highest BCUT2D eigenvalue weighted by molar-refractivity contribution is 7.99. The average Bonchev–Trinajstić information content (AvgIpc) is 2.27. The molecule has 0 aromatic rings. The molecule has 1 fully saturated rings. The summed E-state index contributed by atoms with van der Waals surface area (Å²) in [4.78, 5) is 0. The Morgan fingerprint density at radius 3 is 2.87 bits per heavy atom. The van der Waals surface area contributed by atoms with Crippen LogP contribution in [0.15, 0.2) is 0 Å². The topological polar surface area (TPSA) is 46.2 Å². The third kappa shape index (κ3) is 3.65. The van der Waals surface area contributed by atoms with Gasteiger partial charge in [-0.1, -0.05) is 19.8 Å². The molecule has 1 saturated carbocycles. The van der Waals surface area contributed by atoms with Crippen molar-refractivity contribution in [2.75, 3.05) is 18.1 Å². The molecule has 15 heavy (non-hydrogen) atoms. The van der Waals surface area contributed by atoms with Crippen molar-refractivity contribution in [3.8, 4) is 0 Å². The van der Waals surface area contributed by atoms with Crippen LogP contribution in [0.4, 0.5) is 0 Å². The van der Waals surface area contributed by atoms with Crippen molar-refractivity contribution in [1.82, 2.24) is 0 Å². The third-order valence-electron chi connectivity index (χ3n) is 3.68. The second kappa shape index (κ2) is 6.77. The summed E-state index contributed by atoms with van der Waals surface area (Å²) in [7, 11) is 0. The van der Waals surface area contributed by atoms with Crippen LogP contribution < -0.4 is 5.73 Å². The van der Waals surface area contributed by atoms with Gasteiger partial charge in [-0.2, -0.15) is 11.8 Å². The molecule has 3 N–H and O–H groups in total. The van der Waals surface area contributed by atoms with Gasteiger partial charge in [0.15, 0.2) is 0 Å². The summed E-state index contributed by atoms with van der Waals surface area (Å²) < 4.78 is 0. The summed E-state index contributed by atoms with van der Waals surface area (Å²) in [5.41, 5.74) is 5.92. The summed E-state index contributed by atoms with van der Waals surface area (Å²) in [6.07, 6.45) is 6.66. The van der Waals surface area contributed by atoms with Crippen LogP contribution >= 0.6 is 11.8 Å². The van der Waals surface area contributed by atoms with Gasteiger partial charge in [-0.15, -0.1) is 0 Å². The number of rotatable bonds is 6. The molecule has 0 saturated heterocycles. The molecule has 1 aliphatic rings. The minimum absolute atomic E-state index is 0.0482. The van der Waals surface area contributed by atoms with Crippen molar-refractivity contribution in [2.45, 2.75) is 51.6 Å². The van der Waals surface area contributed by atoms with E-state index in [4.69, 9.17) is 5.73 Å². The molecule has 1 rings (SSSR count). The Morgan fingerprint density at radius 2 is 2.27 bits per heavy atom. The predicted molar refractivity (Wildman–Crippen MR) is 68.2 cm³/mol. The van der Waals surface area contributed by atoms with E-state index < -0.39 is 0 Å². The van der Waals surface area contributed by atoms with Crippen molar-refractivity contribution in [2.24, 2.45) is 11.1 Å². The van der Waals surface area contributed by atoms with Gasteiger partial charge in [0.05, 0.1) is 6.10 Å². The molecule has 90 valence electrons. The smallest absolute Gasteiger partial charge is 0.0608 e.